The number of nitrogens with one attached hydrogen (secondary N) is 2. The molecule has 0 radical (unpaired) electrons. The monoisotopic (exact) mass is 282 g/mol. The highest BCUT2D eigenvalue weighted by Crippen LogP contribution is 2.30. The van der Waals surface area contributed by atoms with Crippen molar-refractivity contribution < 1.29 is 9.53 Å². The van der Waals surface area contributed by atoms with Crippen molar-refractivity contribution in [1.82, 2.24) is 0 Å². The molecule has 0 unspecified atom stereocenters. The Morgan fingerprint density at radius 3 is 2.79 bits per heavy atom. The fraction of sp³-hybridized carbons (Fsp3) is 0.500. The lowest BCUT2D eigenvalue weighted by atomic mass is 9.89. The molecule has 1 saturated heterocycles. The molecule has 2 rings (SSSR count). The van der Waals surface area contributed by atoms with Crippen LogP contribution in [-0.4, -0.2) is 25.7 Å². The second-order valence-electron chi connectivity index (χ2n) is 5.25. The molecule has 1 heterocycles. The predicted octanol–water partition coefficient (Wildman–Crippen LogP) is 3.14. The van der Waals surface area contributed by atoms with Gasteiger partial charge in [0, 0.05) is 24.1 Å². The van der Waals surface area contributed by atoms with Gasteiger partial charge in [0.05, 0.1) is 23.9 Å². The summed E-state index contributed by atoms with van der Waals surface area (Å²) in [6.45, 7) is 6.33. The summed E-state index contributed by atoms with van der Waals surface area (Å²) in [6, 6.07) is 5.45. The van der Waals surface area contributed by atoms with Crippen molar-refractivity contribution >= 4 is 28.9 Å². The molecule has 0 spiro atoms. The largest absolute Gasteiger partial charge is 0.383 e. The number of ether oxygens (including phenoxy) is 1. The molecule has 1 aromatic carbocycles. The van der Waals surface area contributed by atoms with Crippen LogP contribution in [0, 0.1) is 5.41 Å². The summed E-state index contributed by atoms with van der Waals surface area (Å²) in [5, 5.41) is 6.80. The first-order chi connectivity index (χ1) is 9.02. The number of hydrogen-bond donors (Lipinski definition) is 2. The third kappa shape index (κ3) is 3.61. The zero-order valence-corrected chi connectivity index (χ0v) is 12.0. The van der Waals surface area contributed by atoms with Gasteiger partial charge in [0.15, 0.2) is 0 Å². The van der Waals surface area contributed by atoms with Crippen molar-refractivity contribution in [2.75, 3.05) is 30.4 Å². The number of hydrogen-bond acceptors (Lipinski definition) is 3. The number of anilines is 2. The minimum absolute atomic E-state index is 0.00683. The summed E-state index contributed by atoms with van der Waals surface area (Å²) in [7, 11) is 0. The van der Waals surface area contributed by atoms with Gasteiger partial charge >= 0.3 is 0 Å². The molecule has 1 aromatic rings. The van der Waals surface area contributed by atoms with Crippen molar-refractivity contribution in [2.45, 2.75) is 20.3 Å². The summed E-state index contributed by atoms with van der Waals surface area (Å²) in [5.41, 5.74) is 1.77. The molecular formula is C14H19ClN2O2. The molecule has 0 atom stereocenters. The normalized spacial score (nSPS) is 16.6. The van der Waals surface area contributed by atoms with Gasteiger partial charge in [0.2, 0.25) is 5.91 Å². The van der Waals surface area contributed by atoms with E-state index in [2.05, 4.69) is 17.6 Å². The zero-order chi connectivity index (χ0) is 13.9. The van der Waals surface area contributed by atoms with E-state index in [0.717, 1.165) is 31.1 Å². The molecule has 19 heavy (non-hydrogen) atoms. The molecule has 1 amide bonds. The van der Waals surface area contributed by atoms with Crippen LogP contribution in [0.25, 0.3) is 0 Å². The number of carbonyl (C=O) groups is 1. The zero-order valence-electron chi connectivity index (χ0n) is 11.3. The van der Waals surface area contributed by atoms with E-state index in [1.54, 1.807) is 12.1 Å². The Labute approximate surface area is 118 Å². The SMILES string of the molecule is CCC(=O)Nc1ccc(Cl)c(NCC2(C)COC2)c1. The van der Waals surface area contributed by atoms with E-state index in [-0.39, 0.29) is 11.3 Å². The Bertz CT molecular complexity index is 473. The van der Waals surface area contributed by atoms with E-state index in [1.165, 1.54) is 0 Å². The van der Waals surface area contributed by atoms with Crippen LogP contribution in [0.3, 0.4) is 0 Å². The van der Waals surface area contributed by atoms with Crippen LogP contribution in [0.1, 0.15) is 20.3 Å². The minimum Gasteiger partial charge on any atom is -0.383 e. The van der Waals surface area contributed by atoms with Gasteiger partial charge in [-0.2, -0.15) is 0 Å². The molecule has 4 nitrogen and oxygen atoms in total. The topological polar surface area (TPSA) is 50.4 Å². The second-order valence-corrected chi connectivity index (χ2v) is 5.66. The minimum atomic E-state index is -0.00683. The van der Waals surface area contributed by atoms with Gasteiger partial charge in [0.25, 0.3) is 0 Å². The lowest BCUT2D eigenvalue weighted by Crippen LogP contribution is -2.45. The Kier molecular flexibility index (Phi) is 4.32. The van der Waals surface area contributed by atoms with Gasteiger partial charge < -0.3 is 15.4 Å². The van der Waals surface area contributed by atoms with E-state index < -0.39 is 0 Å². The third-order valence-electron chi connectivity index (χ3n) is 3.18. The third-order valence-corrected chi connectivity index (χ3v) is 3.51. The van der Waals surface area contributed by atoms with Crippen molar-refractivity contribution in [2.24, 2.45) is 5.41 Å². The number of amides is 1. The van der Waals surface area contributed by atoms with Gasteiger partial charge in [-0.25, -0.2) is 0 Å². The maximum atomic E-state index is 11.4. The standard InChI is InChI=1S/C14H19ClN2O2/c1-3-13(18)17-10-4-5-11(15)12(6-10)16-7-14(2)8-19-9-14/h4-6,16H,3,7-9H2,1-2H3,(H,17,18). The van der Waals surface area contributed by atoms with Crippen LogP contribution < -0.4 is 10.6 Å². The highest BCUT2D eigenvalue weighted by Gasteiger charge is 2.33. The fourth-order valence-corrected chi connectivity index (χ4v) is 2.03. The molecule has 1 aliphatic heterocycles. The predicted molar refractivity (Wildman–Crippen MR) is 77.8 cm³/mol. The van der Waals surface area contributed by atoms with Gasteiger partial charge in [-0.15, -0.1) is 0 Å². The second kappa shape index (κ2) is 5.80. The summed E-state index contributed by atoms with van der Waals surface area (Å²) < 4.78 is 5.22. The van der Waals surface area contributed by atoms with Crippen LogP contribution in [0.15, 0.2) is 18.2 Å². The van der Waals surface area contributed by atoms with Crippen LogP contribution in [0.2, 0.25) is 5.02 Å². The molecule has 0 aromatic heterocycles. The number of halogens is 1. The highest BCUT2D eigenvalue weighted by atomic mass is 35.5. The van der Waals surface area contributed by atoms with E-state index >= 15 is 0 Å². The molecule has 2 N–H and O–H groups in total. The first-order valence-corrected chi connectivity index (χ1v) is 6.81. The highest BCUT2D eigenvalue weighted by molar-refractivity contribution is 6.33. The average molecular weight is 283 g/mol. The van der Waals surface area contributed by atoms with Crippen molar-refractivity contribution in [3.05, 3.63) is 23.2 Å². The number of carbonyl (C=O) groups excluding carboxylic acids is 1. The first kappa shape index (κ1) is 14.2. The number of rotatable bonds is 5. The van der Waals surface area contributed by atoms with E-state index in [0.29, 0.717) is 11.4 Å². The number of benzene rings is 1. The van der Waals surface area contributed by atoms with Crippen LogP contribution >= 0.6 is 11.6 Å². The molecule has 5 heteroatoms. The lowest BCUT2D eigenvalue weighted by molar-refractivity contribution is -0.115. The van der Waals surface area contributed by atoms with Crippen molar-refractivity contribution in [3.63, 3.8) is 0 Å². The van der Waals surface area contributed by atoms with Gasteiger partial charge in [-0.1, -0.05) is 25.4 Å². The molecule has 1 aliphatic rings. The van der Waals surface area contributed by atoms with Crippen molar-refractivity contribution in [3.8, 4) is 0 Å². The van der Waals surface area contributed by atoms with Crippen molar-refractivity contribution in [1.29, 1.82) is 0 Å². The quantitative estimate of drug-likeness (QED) is 0.872. The summed E-state index contributed by atoms with van der Waals surface area (Å²) in [5.74, 6) is -0.00683. The van der Waals surface area contributed by atoms with Gasteiger partial charge in [0.1, 0.15) is 0 Å². The van der Waals surface area contributed by atoms with E-state index in [4.69, 9.17) is 16.3 Å². The molecule has 0 saturated carbocycles. The Morgan fingerprint density at radius 1 is 1.47 bits per heavy atom. The lowest BCUT2D eigenvalue weighted by Gasteiger charge is -2.38. The van der Waals surface area contributed by atoms with E-state index in [9.17, 15) is 4.79 Å². The van der Waals surface area contributed by atoms with Crippen LogP contribution in [0.4, 0.5) is 11.4 Å². The molecular weight excluding hydrogens is 264 g/mol. The van der Waals surface area contributed by atoms with E-state index in [1.807, 2.05) is 13.0 Å². The first-order valence-electron chi connectivity index (χ1n) is 6.43. The van der Waals surface area contributed by atoms with Crippen LogP contribution in [-0.2, 0) is 9.53 Å². The Morgan fingerprint density at radius 2 is 2.21 bits per heavy atom. The fourth-order valence-electron chi connectivity index (χ4n) is 1.85. The molecule has 0 bridgehead atoms. The maximum absolute atomic E-state index is 11.4. The Hall–Kier alpha value is -1.26. The summed E-state index contributed by atoms with van der Waals surface area (Å²) >= 11 is 6.15. The Balaban J connectivity index is 2.02. The summed E-state index contributed by atoms with van der Waals surface area (Å²) in [4.78, 5) is 11.4. The molecule has 104 valence electrons. The maximum Gasteiger partial charge on any atom is 0.224 e. The smallest absolute Gasteiger partial charge is 0.224 e. The molecule has 1 fully saturated rings. The van der Waals surface area contributed by atoms with Gasteiger partial charge in [-0.3, -0.25) is 4.79 Å². The molecule has 0 aliphatic carbocycles. The summed E-state index contributed by atoms with van der Waals surface area (Å²) in [6.07, 6.45) is 0.459. The van der Waals surface area contributed by atoms with Gasteiger partial charge in [-0.05, 0) is 18.2 Å². The van der Waals surface area contributed by atoms with Crippen LogP contribution in [0.5, 0.6) is 0 Å². The average Bonchev–Trinajstić information content (AvgIpc) is 2.37.